The molecule has 1 aliphatic rings. The number of nitrogens with zero attached hydrogens (tertiary/aromatic N) is 3. The van der Waals surface area contributed by atoms with Gasteiger partial charge in [-0.15, -0.1) is 0 Å². The van der Waals surface area contributed by atoms with Gasteiger partial charge in [0.05, 0.1) is 25.2 Å². The number of hydrogen-bond donors (Lipinski definition) is 0. The summed E-state index contributed by atoms with van der Waals surface area (Å²) < 4.78 is 15.5. The topological polar surface area (TPSA) is 49.2 Å². The highest BCUT2D eigenvalue weighted by atomic mass is 127. The number of ether oxygens (including phenoxy) is 1. The van der Waals surface area contributed by atoms with Crippen LogP contribution in [0.25, 0.3) is 11.0 Å². The standard InChI is InChI=1S/C16H24IN3O2Si/c1-15(2,3)23(4,5)22-10-16(8-21-9-16)20-7-13(17)12-6-18-11-19-14(12)20/h6-7,11H,8-10H2,1-5H3. The third kappa shape index (κ3) is 2.96. The monoisotopic (exact) mass is 445 g/mol. The average Bonchev–Trinajstić information content (AvgIpc) is 2.75. The average molecular weight is 445 g/mol. The van der Waals surface area contributed by atoms with Crippen LogP contribution in [0.5, 0.6) is 0 Å². The lowest BCUT2D eigenvalue weighted by Gasteiger charge is -2.46. The number of rotatable bonds is 4. The van der Waals surface area contributed by atoms with Gasteiger partial charge in [-0.25, -0.2) is 9.97 Å². The highest BCUT2D eigenvalue weighted by molar-refractivity contribution is 14.1. The smallest absolute Gasteiger partial charge is 0.192 e. The molecule has 0 amide bonds. The first kappa shape index (κ1) is 17.3. The van der Waals surface area contributed by atoms with Crippen molar-refractivity contribution in [1.82, 2.24) is 14.5 Å². The Morgan fingerprint density at radius 3 is 2.65 bits per heavy atom. The minimum atomic E-state index is -1.79. The van der Waals surface area contributed by atoms with Gasteiger partial charge in [-0.3, -0.25) is 0 Å². The van der Waals surface area contributed by atoms with E-state index in [4.69, 9.17) is 9.16 Å². The number of halogens is 1. The van der Waals surface area contributed by atoms with Gasteiger partial charge in [-0.05, 0) is 40.7 Å². The summed E-state index contributed by atoms with van der Waals surface area (Å²) in [6.45, 7) is 13.4. The van der Waals surface area contributed by atoms with Crippen LogP contribution < -0.4 is 0 Å². The molecular formula is C16H24IN3O2Si. The van der Waals surface area contributed by atoms with Crippen LogP contribution in [0.1, 0.15) is 20.8 Å². The lowest BCUT2D eigenvalue weighted by atomic mass is 9.98. The largest absolute Gasteiger partial charge is 0.414 e. The van der Waals surface area contributed by atoms with E-state index in [0.717, 1.165) is 14.6 Å². The molecule has 3 rings (SSSR count). The molecule has 126 valence electrons. The fourth-order valence-electron chi connectivity index (χ4n) is 2.45. The molecular weight excluding hydrogens is 421 g/mol. The summed E-state index contributed by atoms with van der Waals surface area (Å²) in [5.41, 5.74) is 0.817. The van der Waals surface area contributed by atoms with E-state index in [2.05, 4.69) is 77.2 Å². The van der Waals surface area contributed by atoms with Crippen LogP contribution in [0.2, 0.25) is 18.1 Å². The zero-order valence-corrected chi connectivity index (χ0v) is 17.5. The summed E-state index contributed by atoms with van der Waals surface area (Å²) in [7, 11) is -1.79. The van der Waals surface area contributed by atoms with Crippen LogP contribution in [0.4, 0.5) is 0 Å². The van der Waals surface area contributed by atoms with Crippen molar-refractivity contribution in [2.75, 3.05) is 19.8 Å². The molecule has 0 bridgehead atoms. The molecule has 2 aromatic rings. The molecule has 3 heterocycles. The van der Waals surface area contributed by atoms with Crippen molar-refractivity contribution >= 4 is 41.9 Å². The molecule has 1 fully saturated rings. The number of fused-ring (bicyclic) bond motifs is 1. The van der Waals surface area contributed by atoms with Gasteiger partial charge >= 0.3 is 0 Å². The second-order valence-electron chi connectivity index (χ2n) is 7.87. The second-order valence-corrected chi connectivity index (χ2v) is 13.8. The van der Waals surface area contributed by atoms with Crippen LogP contribution in [0.3, 0.4) is 0 Å². The van der Waals surface area contributed by atoms with Crippen LogP contribution in [0.15, 0.2) is 18.7 Å². The first-order valence-electron chi connectivity index (χ1n) is 7.85. The molecule has 2 aromatic heterocycles. The van der Waals surface area contributed by atoms with Gasteiger partial charge < -0.3 is 13.7 Å². The lowest BCUT2D eigenvalue weighted by Crippen LogP contribution is -2.57. The molecule has 0 aliphatic carbocycles. The Balaban J connectivity index is 1.92. The fourth-order valence-corrected chi connectivity index (χ4v) is 4.17. The van der Waals surface area contributed by atoms with Crippen molar-refractivity contribution in [3.05, 3.63) is 22.3 Å². The quantitative estimate of drug-likeness (QED) is 0.531. The molecule has 0 spiro atoms. The Bertz CT molecular complexity index is 720. The highest BCUT2D eigenvalue weighted by Gasteiger charge is 2.46. The van der Waals surface area contributed by atoms with E-state index in [0.29, 0.717) is 19.8 Å². The van der Waals surface area contributed by atoms with Crippen LogP contribution in [-0.4, -0.2) is 42.7 Å². The molecule has 7 heteroatoms. The minimum absolute atomic E-state index is 0.147. The molecule has 1 aliphatic heterocycles. The van der Waals surface area contributed by atoms with Gasteiger partial charge in [0.15, 0.2) is 8.32 Å². The van der Waals surface area contributed by atoms with Gasteiger partial charge in [0.1, 0.15) is 17.5 Å². The van der Waals surface area contributed by atoms with E-state index in [1.807, 2.05) is 6.20 Å². The fraction of sp³-hybridized carbons (Fsp3) is 0.625. The minimum Gasteiger partial charge on any atom is -0.414 e. The second kappa shape index (κ2) is 5.78. The normalized spacial score (nSPS) is 18.2. The zero-order chi connectivity index (χ0) is 16.9. The molecule has 0 unspecified atom stereocenters. The van der Waals surface area contributed by atoms with E-state index < -0.39 is 8.32 Å². The van der Waals surface area contributed by atoms with Gasteiger partial charge in [-0.2, -0.15) is 0 Å². The zero-order valence-electron chi connectivity index (χ0n) is 14.4. The molecule has 0 radical (unpaired) electrons. The first-order chi connectivity index (χ1) is 10.7. The first-order valence-corrected chi connectivity index (χ1v) is 11.8. The third-order valence-corrected chi connectivity index (χ3v) is 10.5. The van der Waals surface area contributed by atoms with E-state index in [9.17, 15) is 0 Å². The van der Waals surface area contributed by atoms with Crippen molar-refractivity contribution in [2.45, 2.75) is 44.4 Å². The van der Waals surface area contributed by atoms with E-state index in [1.165, 1.54) is 0 Å². The predicted molar refractivity (Wildman–Crippen MR) is 102 cm³/mol. The Morgan fingerprint density at radius 2 is 2.09 bits per heavy atom. The Morgan fingerprint density at radius 1 is 1.39 bits per heavy atom. The van der Waals surface area contributed by atoms with Crippen molar-refractivity contribution in [3.63, 3.8) is 0 Å². The van der Waals surface area contributed by atoms with Gasteiger partial charge in [0.2, 0.25) is 0 Å². The third-order valence-electron chi connectivity index (χ3n) is 5.18. The predicted octanol–water partition coefficient (Wildman–Crippen LogP) is 3.78. The maximum atomic E-state index is 6.51. The van der Waals surface area contributed by atoms with Gasteiger partial charge in [-0.1, -0.05) is 20.8 Å². The van der Waals surface area contributed by atoms with Gasteiger partial charge in [0.25, 0.3) is 0 Å². The molecule has 1 saturated heterocycles. The summed E-state index contributed by atoms with van der Waals surface area (Å²) in [6.07, 6.45) is 5.64. The molecule has 0 atom stereocenters. The summed E-state index contributed by atoms with van der Waals surface area (Å²) in [5.74, 6) is 0. The maximum absolute atomic E-state index is 6.51. The van der Waals surface area contributed by atoms with Gasteiger partial charge in [0, 0.05) is 16.0 Å². The highest BCUT2D eigenvalue weighted by Crippen LogP contribution is 2.39. The summed E-state index contributed by atoms with van der Waals surface area (Å²) in [4.78, 5) is 8.64. The van der Waals surface area contributed by atoms with Crippen LogP contribution in [-0.2, 0) is 14.7 Å². The Labute approximate surface area is 152 Å². The lowest BCUT2D eigenvalue weighted by molar-refractivity contribution is -0.119. The Kier molecular flexibility index (Phi) is 4.35. The molecule has 5 nitrogen and oxygen atoms in total. The summed E-state index contributed by atoms with van der Waals surface area (Å²) >= 11 is 2.34. The molecule has 23 heavy (non-hydrogen) atoms. The maximum Gasteiger partial charge on any atom is 0.192 e. The number of aromatic nitrogens is 3. The molecule has 0 saturated carbocycles. The molecule has 0 N–H and O–H groups in total. The van der Waals surface area contributed by atoms with E-state index in [1.54, 1.807) is 6.33 Å². The Hall–Kier alpha value is -0.513. The van der Waals surface area contributed by atoms with Crippen LogP contribution >= 0.6 is 22.6 Å². The van der Waals surface area contributed by atoms with Crippen molar-refractivity contribution in [3.8, 4) is 0 Å². The summed E-state index contributed by atoms with van der Waals surface area (Å²) in [6, 6.07) is 0. The van der Waals surface area contributed by atoms with Crippen molar-refractivity contribution in [1.29, 1.82) is 0 Å². The van der Waals surface area contributed by atoms with Crippen molar-refractivity contribution in [2.24, 2.45) is 0 Å². The SMILES string of the molecule is CC(C)(C)[Si](C)(C)OCC1(n2cc(I)c3cncnc32)COC1. The van der Waals surface area contributed by atoms with E-state index in [-0.39, 0.29) is 10.6 Å². The molecule has 0 aromatic carbocycles. The number of hydrogen-bond acceptors (Lipinski definition) is 4. The van der Waals surface area contributed by atoms with Crippen molar-refractivity contribution < 1.29 is 9.16 Å². The summed E-state index contributed by atoms with van der Waals surface area (Å²) in [5, 5.41) is 1.29. The van der Waals surface area contributed by atoms with Crippen LogP contribution in [0, 0.1) is 3.57 Å². The van der Waals surface area contributed by atoms with E-state index >= 15 is 0 Å².